The van der Waals surface area contributed by atoms with Gasteiger partial charge in [0.05, 0.1) is 26.0 Å². The van der Waals surface area contributed by atoms with Crippen LogP contribution in [0.4, 0.5) is 5.82 Å². The van der Waals surface area contributed by atoms with Gasteiger partial charge in [-0.25, -0.2) is 28.6 Å². The fourth-order valence-electron chi connectivity index (χ4n) is 5.84. The number of nitrogens with one attached hydrogen (secondary N) is 2. The topological polar surface area (TPSA) is 381 Å². The summed E-state index contributed by atoms with van der Waals surface area (Å²) in [5, 5.41) is 26.1. The summed E-state index contributed by atoms with van der Waals surface area (Å²) in [6, 6.07) is 0. The summed E-state index contributed by atoms with van der Waals surface area (Å²) in [5.41, 5.74) is 4.23. The van der Waals surface area contributed by atoms with E-state index in [1.165, 1.54) is 13.8 Å². The van der Waals surface area contributed by atoms with Gasteiger partial charge in [-0.3, -0.25) is 37.3 Å². The third-order valence-electron chi connectivity index (χ3n) is 9.21. The van der Waals surface area contributed by atoms with E-state index in [0.717, 1.165) is 54.7 Å². The minimum atomic E-state index is -5.59. The Bertz CT molecular complexity index is 2190. The summed E-state index contributed by atoms with van der Waals surface area (Å²) in [7, 11) is -16.5. The van der Waals surface area contributed by atoms with E-state index < -0.39 is 84.6 Å². The van der Waals surface area contributed by atoms with Gasteiger partial charge in [-0.2, -0.15) is 4.31 Å². The minimum Gasteiger partial charge on any atom is -0.386 e. The van der Waals surface area contributed by atoms with Crippen molar-refractivity contribution in [2.24, 2.45) is 5.41 Å². The van der Waals surface area contributed by atoms with Crippen molar-refractivity contribution in [1.29, 1.82) is 0 Å². The van der Waals surface area contributed by atoms with E-state index in [2.05, 4.69) is 65.6 Å². The van der Waals surface area contributed by atoms with Crippen molar-refractivity contribution >= 4 is 74.9 Å². The number of phosphoric ester groups is 3. The number of aliphatic hydroxyl groups excluding tert-OH is 2. The van der Waals surface area contributed by atoms with Gasteiger partial charge in [0.1, 0.15) is 42.0 Å². The molecule has 66 heavy (non-hydrogen) atoms. The molecule has 0 spiro atoms. The molecule has 3 heterocycles. The number of amides is 2. The van der Waals surface area contributed by atoms with Crippen LogP contribution in [-0.2, 0) is 55.5 Å². The molecule has 2 unspecified atom stereocenters. The fourth-order valence-corrected chi connectivity index (χ4v) is 9.36. The molecule has 0 radical (unpaired) electrons. The molecule has 7 atom stereocenters. The van der Waals surface area contributed by atoms with Gasteiger partial charge < -0.3 is 50.9 Å². The number of carbonyl (C=O) groups is 4. The van der Waals surface area contributed by atoms with E-state index in [1.807, 2.05) is 12.2 Å². The molecule has 0 aliphatic carbocycles. The number of ketones is 1. The number of hydrogen-bond acceptors (Lipinski definition) is 19. The first-order valence-electron chi connectivity index (χ1n) is 20.5. The van der Waals surface area contributed by atoms with E-state index in [-0.39, 0.29) is 66.0 Å². The fraction of sp³-hybridized carbons (Fsp3) is 0.595. The number of aromatic nitrogens is 4. The molecule has 3 rings (SSSR count). The lowest BCUT2D eigenvalue weighted by molar-refractivity contribution is -0.137. The van der Waals surface area contributed by atoms with Gasteiger partial charge in [0.2, 0.25) is 11.8 Å². The van der Waals surface area contributed by atoms with Crippen molar-refractivity contribution in [3.63, 3.8) is 0 Å². The number of carbonyl (C=O) groups excluding carboxylic acids is 4. The average Bonchev–Trinajstić information content (AvgIpc) is 3.79. The van der Waals surface area contributed by atoms with Gasteiger partial charge in [-0.05, 0) is 32.1 Å². The molecule has 0 aromatic carbocycles. The zero-order valence-electron chi connectivity index (χ0n) is 36.4. The number of unbranched alkanes of at least 4 members (excludes halogenated alkanes) is 1. The number of nitrogens with two attached hydrogens (primary N) is 1. The average molecular weight is 1010 g/mol. The maximum absolute atomic E-state index is 12.7. The summed E-state index contributed by atoms with van der Waals surface area (Å²) in [5.74, 6) is -1.49. The highest BCUT2D eigenvalue weighted by Crippen LogP contribution is 2.61. The molecule has 1 fully saturated rings. The highest BCUT2D eigenvalue weighted by molar-refractivity contribution is 8.13. The molecule has 2 aromatic rings. The van der Waals surface area contributed by atoms with Crippen molar-refractivity contribution in [2.75, 3.05) is 37.8 Å². The van der Waals surface area contributed by atoms with Gasteiger partial charge >= 0.3 is 23.5 Å². The maximum atomic E-state index is 12.7. The first kappa shape index (κ1) is 56.8. The predicted molar refractivity (Wildman–Crippen MR) is 238 cm³/mol. The third-order valence-corrected chi connectivity index (χ3v) is 13.2. The molecule has 2 amide bonds. The van der Waals surface area contributed by atoms with Crippen LogP contribution >= 0.6 is 35.2 Å². The quantitative estimate of drug-likeness (QED) is 0.0235. The Labute approximate surface area is 384 Å². The second-order valence-electron chi connectivity index (χ2n) is 15.2. The van der Waals surface area contributed by atoms with Crippen molar-refractivity contribution in [1.82, 2.24) is 30.2 Å². The van der Waals surface area contributed by atoms with Crippen LogP contribution in [0.15, 0.2) is 49.1 Å². The zero-order chi connectivity index (χ0) is 49.1. The Kier molecular flexibility index (Phi) is 23.1. The summed E-state index contributed by atoms with van der Waals surface area (Å²) in [4.78, 5) is 100. The van der Waals surface area contributed by atoms with Gasteiger partial charge in [0.25, 0.3) is 0 Å². The van der Waals surface area contributed by atoms with Crippen LogP contribution in [0, 0.1) is 5.41 Å². The lowest BCUT2D eigenvalue weighted by Crippen LogP contribution is -2.46. The van der Waals surface area contributed by atoms with Crippen LogP contribution in [0.25, 0.3) is 11.2 Å². The van der Waals surface area contributed by atoms with Gasteiger partial charge in [-0.15, -0.1) is 0 Å². The Balaban J connectivity index is 1.35. The molecular weight excluding hydrogens is 955 g/mol. The molecule has 370 valence electrons. The second kappa shape index (κ2) is 26.9. The standard InChI is InChI=1S/C37H58N7O18P3S/c1-4-5-6-7-8-9-10-11-12-13-14-15-25(45)20-28(47)66-19-18-39-27(46)16-17-40-35(50)32(49)37(2,3)22-59-65(56,57)62-64(54,55)58-21-26-31(61-63(51,52)53)30(48)36(60-26)44-24-43-29-33(38)41-23-42-34(29)44/h5-6,8-9,11-12,23-24,26,30-32,36,48-49H,4,7,10,13-22H2,1-3H3,(H,39,46)(H,40,50)(H,54,55)(H,56,57)(H2,38,41,42)(H2,51,52,53)/b6-5-,9-8-,12-11-/t26-,30-,31-,32+,36-/m1/s1. The zero-order valence-corrected chi connectivity index (χ0v) is 39.9. The smallest absolute Gasteiger partial charge is 0.386 e. The number of nitrogen functional groups attached to an aromatic ring is 1. The summed E-state index contributed by atoms with van der Waals surface area (Å²) in [6.07, 6.45) is 9.54. The molecule has 25 nitrogen and oxygen atoms in total. The molecule has 29 heteroatoms. The minimum absolute atomic E-state index is 0.0235. The van der Waals surface area contributed by atoms with Gasteiger partial charge in [-0.1, -0.05) is 69.0 Å². The van der Waals surface area contributed by atoms with Crippen LogP contribution < -0.4 is 16.4 Å². The van der Waals surface area contributed by atoms with Crippen LogP contribution in [0.3, 0.4) is 0 Å². The number of imidazole rings is 1. The number of allylic oxidation sites excluding steroid dienone is 6. The first-order valence-corrected chi connectivity index (χ1v) is 26.0. The molecule has 1 saturated heterocycles. The molecule has 1 aliphatic heterocycles. The number of Topliss-reactive ketones (excluding diaryl/α,β-unsaturated/α-hetero) is 1. The van der Waals surface area contributed by atoms with Crippen LogP contribution in [0.5, 0.6) is 0 Å². The Morgan fingerprint density at radius 1 is 0.955 bits per heavy atom. The summed E-state index contributed by atoms with van der Waals surface area (Å²) in [6.45, 7) is 2.37. The van der Waals surface area contributed by atoms with Crippen molar-refractivity contribution < 1.29 is 85.3 Å². The summed E-state index contributed by atoms with van der Waals surface area (Å²) < 4.78 is 62.3. The molecule has 0 bridgehead atoms. The van der Waals surface area contributed by atoms with E-state index in [4.69, 9.17) is 19.5 Å². The number of anilines is 1. The lowest BCUT2D eigenvalue weighted by atomic mass is 9.87. The van der Waals surface area contributed by atoms with Crippen molar-refractivity contribution in [2.45, 2.75) is 103 Å². The number of fused-ring (bicyclic) bond motifs is 1. The van der Waals surface area contributed by atoms with E-state index in [9.17, 15) is 62.7 Å². The number of ether oxygens (including phenoxy) is 1. The Hall–Kier alpha value is -3.55. The van der Waals surface area contributed by atoms with Crippen molar-refractivity contribution in [3.8, 4) is 0 Å². The molecule has 10 N–H and O–H groups in total. The lowest BCUT2D eigenvalue weighted by Gasteiger charge is -2.30. The number of aliphatic hydroxyl groups is 2. The number of nitrogens with zero attached hydrogens (tertiary/aromatic N) is 4. The van der Waals surface area contributed by atoms with Crippen LogP contribution in [-0.4, -0.2) is 128 Å². The Morgan fingerprint density at radius 2 is 1.62 bits per heavy atom. The normalized spacial score (nSPS) is 20.5. The van der Waals surface area contributed by atoms with Gasteiger partial charge in [0.15, 0.2) is 22.8 Å². The second-order valence-corrected chi connectivity index (χ2v) is 20.6. The monoisotopic (exact) mass is 1010 g/mol. The SMILES string of the molecule is CC/C=C\C/C=C\C/C=C\CCCC(=O)CC(=O)SCCNC(=O)CCNC(=O)[C@H](O)C(C)(C)COP(=O)(O)OP(=O)(O)OC[C@H]1O[C@@H](n2cnc3c(N)ncnc32)[C@H](O)[C@@H]1OP(=O)(O)O. The highest BCUT2D eigenvalue weighted by Gasteiger charge is 2.50. The van der Waals surface area contributed by atoms with Gasteiger partial charge in [0, 0.05) is 37.1 Å². The molecule has 2 aromatic heterocycles. The third kappa shape index (κ3) is 20.0. The van der Waals surface area contributed by atoms with Crippen molar-refractivity contribution in [3.05, 3.63) is 49.1 Å². The number of phosphoric acid groups is 3. The maximum Gasteiger partial charge on any atom is 0.481 e. The number of hydrogen-bond donors (Lipinski definition) is 9. The van der Waals surface area contributed by atoms with E-state index in [0.29, 0.717) is 6.42 Å². The van der Waals surface area contributed by atoms with E-state index >= 15 is 0 Å². The first-order chi connectivity index (χ1) is 30.9. The molecule has 1 aliphatic rings. The predicted octanol–water partition coefficient (Wildman–Crippen LogP) is 2.65. The van der Waals surface area contributed by atoms with Crippen LogP contribution in [0.1, 0.15) is 78.4 Å². The molecular formula is C37H58N7O18P3S. The van der Waals surface area contributed by atoms with E-state index in [1.54, 1.807) is 0 Å². The number of rotatable bonds is 30. The molecule has 0 saturated carbocycles. The number of thioether (sulfide) groups is 1. The Morgan fingerprint density at radius 3 is 2.30 bits per heavy atom. The summed E-state index contributed by atoms with van der Waals surface area (Å²) >= 11 is 0.911. The van der Waals surface area contributed by atoms with Crippen LogP contribution in [0.2, 0.25) is 0 Å². The largest absolute Gasteiger partial charge is 0.481 e. The highest BCUT2D eigenvalue weighted by atomic mass is 32.2.